The van der Waals surface area contributed by atoms with Crippen LogP contribution in [0.25, 0.3) is 0 Å². The van der Waals surface area contributed by atoms with Gasteiger partial charge in [0.1, 0.15) is 0 Å². The summed E-state index contributed by atoms with van der Waals surface area (Å²) in [6.07, 6.45) is 4.54. The molecule has 1 atom stereocenters. The van der Waals surface area contributed by atoms with E-state index in [0.717, 1.165) is 19.0 Å². The molecule has 0 heterocycles. The third-order valence-corrected chi connectivity index (χ3v) is 2.98. The molecule has 0 aliphatic carbocycles. The normalized spacial score (nSPS) is 13.5. The van der Waals surface area contributed by atoms with Crippen molar-refractivity contribution in [2.24, 2.45) is 10.9 Å². The van der Waals surface area contributed by atoms with Crippen LogP contribution < -0.4 is 10.6 Å². The predicted octanol–water partition coefficient (Wildman–Crippen LogP) is 1.31. The molecule has 0 radical (unpaired) electrons. The monoisotopic (exact) mass is 261 g/mol. The van der Waals surface area contributed by atoms with E-state index in [1.807, 2.05) is 18.7 Å². The Morgan fingerprint density at radius 2 is 2.12 bits per heavy atom. The first-order valence-corrected chi connectivity index (χ1v) is 7.75. The second-order valence-electron chi connectivity index (χ2n) is 4.13. The number of aliphatic hydroxyl groups excluding tert-OH is 1. The number of rotatable bonds is 9. The molecule has 0 rings (SSSR count). The second-order valence-corrected chi connectivity index (χ2v) is 5.12. The van der Waals surface area contributed by atoms with Crippen molar-refractivity contribution in [3.63, 3.8) is 0 Å². The summed E-state index contributed by atoms with van der Waals surface area (Å²) in [5, 5.41) is 15.5. The average molecular weight is 261 g/mol. The maximum Gasteiger partial charge on any atom is 0.191 e. The second kappa shape index (κ2) is 12.0. The number of nitrogens with zero attached hydrogens (tertiary/aromatic N) is 1. The van der Waals surface area contributed by atoms with Gasteiger partial charge >= 0.3 is 0 Å². The van der Waals surface area contributed by atoms with Crippen LogP contribution >= 0.6 is 11.8 Å². The van der Waals surface area contributed by atoms with Crippen LogP contribution in [0.15, 0.2) is 4.99 Å². The molecule has 102 valence electrons. The number of aliphatic hydroxyl groups is 1. The van der Waals surface area contributed by atoms with Crippen molar-refractivity contribution < 1.29 is 5.11 Å². The molecule has 0 aliphatic rings. The maximum absolute atomic E-state index is 8.94. The molecular weight excluding hydrogens is 234 g/mol. The number of thioether (sulfide) groups is 1. The topological polar surface area (TPSA) is 56.7 Å². The van der Waals surface area contributed by atoms with E-state index < -0.39 is 0 Å². The highest BCUT2D eigenvalue weighted by molar-refractivity contribution is 7.98. The van der Waals surface area contributed by atoms with E-state index in [1.54, 1.807) is 0 Å². The molecular formula is C12H27N3OS. The van der Waals surface area contributed by atoms with Gasteiger partial charge < -0.3 is 15.7 Å². The van der Waals surface area contributed by atoms with Gasteiger partial charge in [-0.1, -0.05) is 6.92 Å². The van der Waals surface area contributed by atoms with E-state index in [2.05, 4.69) is 28.8 Å². The van der Waals surface area contributed by atoms with Crippen molar-refractivity contribution in [2.45, 2.75) is 26.7 Å². The number of guanidine groups is 1. The summed E-state index contributed by atoms with van der Waals surface area (Å²) >= 11 is 1.89. The Labute approximate surface area is 110 Å². The Bertz CT molecular complexity index is 200. The van der Waals surface area contributed by atoms with E-state index in [1.165, 1.54) is 18.6 Å². The molecule has 0 spiro atoms. The summed E-state index contributed by atoms with van der Waals surface area (Å²) in [6, 6.07) is 0. The van der Waals surface area contributed by atoms with E-state index in [0.29, 0.717) is 6.54 Å². The lowest BCUT2D eigenvalue weighted by Crippen LogP contribution is -2.38. The van der Waals surface area contributed by atoms with Crippen molar-refractivity contribution in [3.05, 3.63) is 0 Å². The molecule has 5 heteroatoms. The van der Waals surface area contributed by atoms with E-state index in [9.17, 15) is 0 Å². The van der Waals surface area contributed by atoms with Crippen LogP contribution in [0.3, 0.4) is 0 Å². The fourth-order valence-electron chi connectivity index (χ4n) is 1.22. The molecule has 4 nitrogen and oxygen atoms in total. The van der Waals surface area contributed by atoms with Crippen molar-refractivity contribution >= 4 is 17.7 Å². The minimum absolute atomic E-state index is 0.191. The summed E-state index contributed by atoms with van der Waals surface area (Å²) in [5.74, 6) is 2.30. The summed E-state index contributed by atoms with van der Waals surface area (Å²) in [5.41, 5.74) is 0. The minimum atomic E-state index is 0.191. The highest BCUT2D eigenvalue weighted by Gasteiger charge is 2.00. The lowest BCUT2D eigenvalue weighted by Gasteiger charge is -2.12. The number of unbranched alkanes of at least 4 members (excludes halogenated alkanes) is 1. The van der Waals surface area contributed by atoms with Gasteiger partial charge in [-0.2, -0.15) is 11.8 Å². The Morgan fingerprint density at radius 1 is 1.35 bits per heavy atom. The van der Waals surface area contributed by atoms with Gasteiger partial charge in [0.2, 0.25) is 0 Å². The molecule has 0 aromatic carbocycles. The third-order valence-electron chi connectivity index (χ3n) is 2.28. The molecule has 17 heavy (non-hydrogen) atoms. The molecule has 0 aromatic heterocycles. The number of hydrogen-bond acceptors (Lipinski definition) is 3. The van der Waals surface area contributed by atoms with Crippen LogP contribution in [0, 0.1) is 5.92 Å². The zero-order valence-corrected chi connectivity index (χ0v) is 12.1. The van der Waals surface area contributed by atoms with Crippen molar-refractivity contribution in [3.8, 4) is 0 Å². The fraction of sp³-hybridized carbons (Fsp3) is 0.917. The maximum atomic E-state index is 8.94. The Balaban J connectivity index is 3.80. The summed E-state index contributed by atoms with van der Waals surface area (Å²) in [7, 11) is 0. The Morgan fingerprint density at radius 3 is 2.71 bits per heavy atom. The van der Waals surface area contributed by atoms with Crippen molar-refractivity contribution in [1.29, 1.82) is 0 Å². The lowest BCUT2D eigenvalue weighted by molar-refractivity contribution is 0.241. The molecule has 1 unspecified atom stereocenters. The fourth-order valence-corrected chi connectivity index (χ4v) is 1.72. The first kappa shape index (κ1) is 16.6. The highest BCUT2D eigenvalue weighted by Crippen LogP contribution is 1.98. The van der Waals surface area contributed by atoms with Gasteiger partial charge in [0.15, 0.2) is 5.96 Å². The lowest BCUT2D eigenvalue weighted by atomic mass is 10.2. The largest absolute Gasteiger partial charge is 0.396 e. The SMILES string of the molecule is CCNC(=NCC(C)CO)NCCCCSC. The zero-order valence-electron chi connectivity index (χ0n) is 11.3. The van der Waals surface area contributed by atoms with Gasteiger partial charge in [0, 0.05) is 26.2 Å². The molecule has 0 aliphatic heterocycles. The van der Waals surface area contributed by atoms with Crippen LogP contribution in [0.1, 0.15) is 26.7 Å². The average Bonchev–Trinajstić information content (AvgIpc) is 2.35. The van der Waals surface area contributed by atoms with Gasteiger partial charge in [-0.25, -0.2) is 0 Å². The van der Waals surface area contributed by atoms with Gasteiger partial charge in [0.25, 0.3) is 0 Å². The summed E-state index contributed by atoms with van der Waals surface area (Å²) in [4.78, 5) is 4.43. The Kier molecular flexibility index (Phi) is 11.8. The minimum Gasteiger partial charge on any atom is -0.396 e. The summed E-state index contributed by atoms with van der Waals surface area (Å²) < 4.78 is 0. The molecule has 0 saturated carbocycles. The van der Waals surface area contributed by atoms with Crippen LogP contribution in [-0.4, -0.2) is 49.3 Å². The van der Waals surface area contributed by atoms with Crippen LogP contribution in [-0.2, 0) is 0 Å². The van der Waals surface area contributed by atoms with Crippen LogP contribution in [0.2, 0.25) is 0 Å². The molecule has 0 bridgehead atoms. The first-order chi connectivity index (χ1) is 8.24. The van der Waals surface area contributed by atoms with Gasteiger partial charge in [0.05, 0.1) is 0 Å². The van der Waals surface area contributed by atoms with E-state index >= 15 is 0 Å². The predicted molar refractivity (Wildman–Crippen MR) is 77.8 cm³/mol. The zero-order chi connectivity index (χ0) is 12.9. The van der Waals surface area contributed by atoms with Gasteiger partial charge in [-0.3, -0.25) is 4.99 Å². The molecule has 0 fully saturated rings. The van der Waals surface area contributed by atoms with Crippen LogP contribution in [0.5, 0.6) is 0 Å². The van der Waals surface area contributed by atoms with Crippen molar-refractivity contribution in [1.82, 2.24) is 10.6 Å². The number of nitrogens with one attached hydrogen (secondary N) is 2. The van der Waals surface area contributed by atoms with E-state index in [-0.39, 0.29) is 12.5 Å². The molecule has 0 saturated heterocycles. The Hall–Kier alpha value is -0.420. The van der Waals surface area contributed by atoms with Gasteiger partial charge in [-0.05, 0) is 37.7 Å². The number of hydrogen-bond donors (Lipinski definition) is 3. The first-order valence-electron chi connectivity index (χ1n) is 6.36. The third kappa shape index (κ3) is 10.5. The standard InChI is InChI=1S/C12H27N3OS/c1-4-13-12(15-9-11(2)10-16)14-7-5-6-8-17-3/h11,16H,4-10H2,1-3H3,(H2,13,14,15). The molecule has 3 N–H and O–H groups in total. The van der Waals surface area contributed by atoms with Crippen LogP contribution in [0.4, 0.5) is 0 Å². The van der Waals surface area contributed by atoms with E-state index in [4.69, 9.17) is 5.11 Å². The van der Waals surface area contributed by atoms with Crippen molar-refractivity contribution in [2.75, 3.05) is 38.2 Å². The summed E-state index contributed by atoms with van der Waals surface area (Å²) in [6.45, 7) is 6.73. The quantitative estimate of drug-likeness (QED) is 0.333. The molecule has 0 aromatic rings. The molecule has 0 amide bonds. The number of aliphatic imine (C=N–C) groups is 1. The van der Waals surface area contributed by atoms with Gasteiger partial charge in [-0.15, -0.1) is 0 Å². The smallest absolute Gasteiger partial charge is 0.191 e. The highest BCUT2D eigenvalue weighted by atomic mass is 32.2.